The molecule has 0 unspecified atom stereocenters. The second-order valence-electron chi connectivity index (χ2n) is 7.84. The van der Waals surface area contributed by atoms with Gasteiger partial charge in [-0.1, -0.05) is 18.2 Å². The first-order chi connectivity index (χ1) is 14.1. The standard InChI is InChI=1S/C23H26FN3O2/c1-2-26-21(28)10-9-19(22(26)18-5-3-4-6-20(18)24)23(29)27(17-7-8-17)15-16-11-13-25-14-12-16/h3-6,11-14,17,19,22H,2,7-10,15H2,1H3/t19-,22+/m1/s1. The Kier molecular flexibility index (Phi) is 5.60. The maximum atomic E-state index is 14.7. The Bertz CT molecular complexity index is 885. The number of piperidine rings is 1. The lowest BCUT2D eigenvalue weighted by molar-refractivity contribution is -0.148. The van der Waals surface area contributed by atoms with Crippen LogP contribution in [0.3, 0.4) is 0 Å². The van der Waals surface area contributed by atoms with E-state index in [2.05, 4.69) is 4.98 Å². The molecule has 0 N–H and O–H groups in total. The van der Waals surface area contributed by atoms with E-state index in [4.69, 9.17) is 0 Å². The van der Waals surface area contributed by atoms with Gasteiger partial charge < -0.3 is 9.80 Å². The topological polar surface area (TPSA) is 53.5 Å². The van der Waals surface area contributed by atoms with Crippen LogP contribution in [0.1, 0.15) is 49.8 Å². The molecule has 4 rings (SSSR count). The number of likely N-dealkylation sites (tertiary alicyclic amines) is 1. The van der Waals surface area contributed by atoms with Crippen molar-refractivity contribution in [1.82, 2.24) is 14.8 Å². The number of hydrogen-bond acceptors (Lipinski definition) is 3. The van der Waals surface area contributed by atoms with Gasteiger partial charge in [0.15, 0.2) is 0 Å². The number of benzene rings is 1. The van der Waals surface area contributed by atoms with Crippen molar-refractivity contribution in [1.29, 1.82) is 0 Å². The molecule has 6 heteroatoms. The Balaban J connectivity index is 1.67. The van der Waals surface area contributed by atoms with E-state index in [9.17, 15) is 14.0 Å². The first-order valence-corrected chi connectivity index (χ1v) is 10.3. The molecule has 5 nitrogen and oxygen atoms in total. The Hall–Kier alpha value is -2.76. The number of pyridine rings is 1. The predicted octanol–water partition coefficient (Wildman–Crippen LogP) is 3.71. The minimum Gasteiger partial charge on any atom is -0.335 e. The van der Waals surface area contributed by atoms with E-state index in [0.29, 0.717) is 31.5 Å². The van der Waals surface area contributed by atoms with Crippen molar-refractivity contribution in [2.75, 3.05) is 6.54 Å². The van der Waals surface area contributed by atoms with E-state index in [0.717, 1.165) is 18.4 Å². The monoisotopic (exact) mass is 395 g/mol. The van der Waals surface area contributed by atoms with E-state index in [1.165, 1.54) is 6.07 Å². The molecule has 1 aliphatic heterocycles. The van der Waals surface area contributed by atoms with E-state index in [1.807, 2.05) is 24.0 Å². The van der Waals surface area contributed by atoms with Gasteiger partial charge in [-0.15, -0.1) is 0 Å². The van der Waals surface area contributed by atoms with Crippen LogP contribution in [0.2, 0.25) is 0 Å². The van der Waals surface area contributed by atoms with Crippen molar-refractivity contribution in [3.63, 3.8) is 0 Å². The Morgan fingerprint density at radius 3 is 2.55 bits per heavy atom. The van der Waals surface area contributed by atoms with Gasteiger partial charge in [0.2, 0.25) is 11.8 Å². The van der Waals surface area contributed by atoms with E-state index >= 15 is 0 Å². The van der Waals surface area contributed by atoms with Gasteiger partial charge in [0, 0.05) is 43.5 Å². The third-order valence-corrected chi connectivity index (χ3v) is 5.96. The lowest BCUT2D eigenvalue weighted by Gasteiger charge is -2.42. The molecule has 1 aromatic carbocycles. The highest BCUT2D eigenvalue weighted by Gasteiger charge is 2.45. The fourth-order valence-electron chi connectivity index (χ4n) is 4.36. The molecule has 1 aromatic heterocycles. The summed E-state index contributed by atoms with van der Waals surface area (Å²) >= 11 is 0. The average molecular weight is 395 g/mol. The molecule has 2 aromatic rings. The predicted molar refractivity (Wildman–Crippen MR) is 107 cm³/mol. The summed E-state index contributed by atoms with van der Waals surface area (Å²) in [6.07, 6.45) is 6.21. The van der Waals surface area contributed by atoms with Crippen LogP contribution in [0.25, 0.3) is 0 Å². The molecule has 2 amide bonds. The van der Waals surface area contributed by atoms with Crippen molar-refractivity contribution < 1.29 is 14.0 Å². The van der Waals surface area contributed by atoms with E-state index in [-0.39, 0.29) is 23.7 Å². The van der Waals surface area contributed by atoms with Crippen LogP contribution in [0.5, 0.6) is 0 Å². The number of halogens is 1. The molecule has 29 heavy (non-hydrogen) atoms. The molecule has 1 saturated heterocycles. The Morgan fingerprint density at radius 2 is 1.90 bits per heavy atom. The summed E-state index contributed by atoms with van der Waals surface area (Å²) in [5, 5.41) is 0. The molecular weight excluding hydrogens is 369 g/mol. The fourth-order valence-corrected chi connectivity index (χ4v) is 4.36. The van der Waals surface area contributed by atoms with Crippen molar-refractivity contribution >= 4 is 11.8 Å². The highest BCUT2D eigenvalue weighted by Crippen LogP contribution is 2.41. The summed E-state index contributed by atoms with van der Waals surface area (Å²) in [7, 11) is 0. The van der Waals surface area contributed by atoms with Crippen LogP contribution in [0, 0.1) is 11.7 Å². The van der Waals surface area contributed by atoms with Gasteiger partial charge >= 0.3 is 0 Å². The number of carbonyl (C=O) groups is 2. The van der Waals surface area contributed by atoms with Crippen LogP contribution >= 0.6 is 0 Å². The molecule has 2 atom stereocenters. The molecule has 1 aliphatic carbocycles. The summed E-state index contributed by atoms with van der Waals surface area (Å²) in [6, 6.07) is 10.0. The summed E-state index contributed by atoms with van der Waals surface area (Å²) in [5.74, 6) is -0.803. The minimum atomic E-state index is -0.561. The molecule has 0 spiro atoms. The zero-order chi connectivity index (χ0) is 20.4. The second kappa shape index (κ2) is 8.31. The van der Waals surface area contributed by atoms with Gasteiger partial charge in [-0.3, -0.25) is 14.6 Å². The molecule has 0 bridgehead atoms. The smallest absolute Gasteiger partial charge is 0.228 e. The van der Waals surface area contributed by atoms with Gasteiger partial charge in [-0.05, 0) is 49.9 Å². The van der Waals surface area contributed by atoms with Crippen LogP contribution in [0.15, 0.2) is 48.8 Å². The zero-order valence-corrected chi connectivity index (χ0v) is 16.6. The number of hydrogen-bond donors (Lipinski definition) is 0. The van der Waals surface area contributed by atoms with Crippen molar-refractivity contribution in [3.05, 3.63) is 65.7 Å². The van der Waals surface area contributed by atoms with Crippen molar-refractivity contribution in [3.8, 4) is 0 Å². The van der Waals surface area contributed by atoms with Crippen LogP contribution in [0.4, 0.5) is 4.39 Å². The number of carbonyl (C=O) groups excluding carboxylic acids is 2. The van der Waals surface area contributed by atoms with Crippen molar-refractivity contribution in [2.24, 2.45) is 5.92 Å². The first-order valence-electron chi connectivity index (χ1n) is 10.3. The largest absolute Gasteiger partial charge is 0.335 e. The lowest BCUT2D eigenvalue weighted by atomic mass is 9.83. The molecule has 2 aliphatic rings. The van der Waals surface area contributed by atoms with Crippen LogP contribution in [-0.4, -0.2) is 39.2 Å². The normalized spacial score (nSPS) is 21.9. The SMILES string of the molecule is CCN1C(=O)CC[C@@H](C(=O)N(Cc2ccncc2)C2CC2)[C@@H]1c1ccccc1F. The maximum absolute atomic E-state index is 14.7. The zero-order valence-electron chi connectivity index (χ0n) is 16.6. The third-order valence-electron chi connectivity index (χ3n) is 5.96. The number of nitrogens with zero attached hydrogens (tertiary/aromatic N) is 3. The van der Waals surface area contributed by atoms with E-state index in [1.54, 1.807) is 35.5 Å². The Labute approximate surface area is 170 Å². The third kappa shape index (κ3) is 4.02. The number of aromatic nitrogens is 1. The highest BCUT2D eigenvalue weighted by molar-refractivity contribution is 5.85. The second-order valence-corrected chi connectivity index (χ2v) is 7.84. The van der Waals surface area contributed by atoms with Gasteiger partial charge in [-0.25, -0.2) is 4.39 Å². The van der Waals surface area contributed by atoms with Gasteiger partial charge in [0.05, 0.1) is 12.0 Å². The summed E-state index contributed by atoms with van der Waals surface area (Å²) in [6.45, 7) is 2.86. The number of rotatable bonds is 6. The lowest BCUT2D eigenvalue weighted by Crippen LogP contribution is -2.49. The maximum Gasteiger partial charge on any atom is 0.228 e. The quantitative estimate of drug-likeness (QED) is 0.749. The molecule has 1 saturated carbocycles. The molecule has 0 radical (unpaired) electrons. The Morgan fingerprint density at radius 1 is 1.17 bits per heavy atom. The van der Waals surface area contributed by atoms with E-state index < -0.39 is 12.0 Å². The molecule has 2 fully saturated rings. The number of amides is 2. The molecular formula is C23H26FN3O2. The fraction of sp³-hybridized carbons (Fsp3) is 0.435. The van der Waals surface area contributed by atoms with Gasteiger partial charge in [-0.2, -0.15) is 0 Å². The molecule has 152 valence electrons. The average Bonchev–Trinajstić information content (AvgIpc) is 3.58. The minimum absolute atomic E-state index is 0.0168. The highest BCUT2D eigenvalue weighted by atomic mass is 19.1. The first kappa shape index (κ1) is 19.6. The molecule has 2 heterocycles. The summed E-state index contributed by atoms with van der Waals surface area (Å²) < 4.78 is 14.7. The summed E-state index contributed by atoms with van der Waals surface area (Å²) in [4.78, 5) is 33.9. The summed E-state index contributed by atoms with van der Waals surface area (Å²) in [5.41, 5.74) is 1.46. The van der Waals surface area contributed by atoms with Gasteiger partial charge in [0.25, 0.3) is 0 Å². The van der Waals surface area contributed by atoms with Crippen LogP contribution in [-0.2, 0) is 16.1 Å². The van der Waals surface area contributed by atoms with Crippen molar-refractivity contribution in [2.45, 2.75) is 51.2 Å². The van der Waals surface area contributed by atoms with Gasteiger partial charge in [0.1, 0.15) is 5.82 Å². The van der Waals surface area contributed by atoms with Crippen LogP contribution < -0.4 is 0 Å².